The number of morpholine rings is 1. The summed E-state index contributed by atoms with van der Waals surface area (Å²) in [5.74, 6) is 0.848. The predicted octanol–water partition coefficient (Wildman–Crippen LogP) is 0.848. The molecule has 0 aliphatic carbocycles. The van der Waals surface area contributed by atoms with Crippen LogP contribution in [0.3, 0.4) is 0 Å². The standard InChI is InChI=1S/C18H21N7O/c1-23-17-16(21-22-23)18(20-12-19-17)25-10-14-15(11-25)26-8-7-24(14)9-13-5-3-2-4-6-13/h2-6,12,14-15H,7-11H2,1H3/t14-,15+/m1/s1. The van der Waals surface area contributed by atoms with Gasteiger partial charge in [-0.1, -0.05) is 35.5 Å². The number of hydrogen-bond acceptors (Lipinski definition) is 7. The van der Waals surface area contributed by atoms with Gasteiger partial charge in [0.25, 0.3) is 0 Å². The molecule has 2 fully saturated rings. The fourth-order valence-electron chi connectivity index (χ4n) is 4.02. The van der Waals surface area contributed by atoms with Crippen LogP contribution in [0.15, 0.2) is 36.7 Å². The van der Waals surface area contributed by atoms with Crippen molar-refractivity contribution < 1.29 is 4.74 Å². The van der Waals surface area contributed by atoms with Crippen LogP contribution in [0.2, 0.25) is 0 Å². The van der Waals surface area contributed by atoms with Crippen LogP contribution in [0.25, 0.3) is 11.2 Å². The minimum Gasteiger partial charge on any atom is -0.373 e. The third-order valence-corrected chi connectivity index (χ3v) is 5.31. The van der Waals surface area contributed by atoms with Crippen molar-refractivity contribution in [3.05, 3.63) is 42.2 Å². The second-order valence-corrected chi connectivity index (χ2v) is 6.92. The van der Waals surface area contributed by atoms with Crippen LogP contribution in [0.4, 0.5) is 5.82 Å². The lowest BCUT2D eigenvalue weighted by Crippen LogP contribution is -2.50. The molecule has 1 aromatic carbocycles. The molecule has 0 bridgehead atoms. The third kappa shape index (κ3) is 2.62. The number of rotatable bonds is 3. The SMILES string of the molecule is Cn1nnc2c(N3C[C@@H]4OCCN(Cc5ccccc5)[C@@H]4C3)ncnc21. The number of aromatic nitrogens is 5. The van der Waals surface area contributed by atoms with E-state index in [2.05, 4.69) is 60.4 Å². The summed E-state index contributed by atoms with van der Waals surface area (Å²) in [7, 11) is 1.85. The van der Waals surface area contributed by atoms with Gasteiger partial charge in [-0.3, -0.25) is 4.90 Å². The zero-order chi connectivity index (χ0) is 17.5. The molecule has 3 aromatic rings. The Kier molecular flexibility index (Phi) is 3.79. The quantitative estimate of drug-likeness (QED) is 0.693. The van der Waals surface area contributed by atoms with Gasteiger partial charge in [-0.2, -0.15) is 0 Å². The van der Waals surface area contributed by atoms with Crippen LogP contribution in [-0.2, 0) is 18.3 Å². The summed E-state index contributed by atoms with van der Waals surface area (Å²) in [4.78, 5) is 13.6. The summed E-state index contributed by atoms with van der Waals surface area (Å²) in [6.07, 6.45) is 1.78. The first kappa shape index (κ1) is 15.7. The van der Waals surface area contributed by atoms with Gasteiger partial charge in [0, 0.05) is 33.2 Å². The molecule has 26 heavy (non-hydrogen) atoms. The number of fused-ring (bicyclic) bond motifs is 2. The lowest BCUT2D eigenvalue weighted by Gasteiger charge is -2.36. The normalized spacial score (nSPS) is 23.5. The Hall–Kier alpha value is -2.58. The molecule has 5 rings (SSSR count). The molecule has 8 nitrogen and oxygen atoms in total. The van der Waals surface area contributed by atoms with E-state index in [1.54, 1.807) is 11.0 Å². The van der Waals surface area contributed by atoms with Gasteiger partial charge in [-0.25, -0.2) is 14.6 Å². The zero-order valence-corrected chi connectivity index (χ0v) is 14.7. The summed E-state index contributed by atoms with van der Waals surface area (Å²) in [5.41, 5.74) is 2.85. The number of hydrogen-bond donors (Lipinski definition) is 0. The topological polar surface area (TPSA) is 72.2 Å². The molecule has 2 aliphatic heterocycles. The Labute approximate surface area is 151 Å². The molecule has 134 valence electrons. The van der Waals surface area contributed by atoms with E-state index >= 15 is 0 Å². The van der Waals surface area contributed by atoms with Gasteiger partial charge in [-0.05, 0) is 5.56 Å². The van der Waals surface area contributed by atoms with E-state index in [9.17, 15) is 0 Å². The minimum atomic E-state index is 0.189. The highest BCUT2D eigenvalue weighted by molar-refractivity contribution is 5.82. The number of ether oxygens (including phenoxy) is 1. The first-order valence-corrected chi connectivity index (χ1v) is 8.94. The first-order valence-electron chi connectivity index (χ1n) is 8.94. The Morgan fingerprint density at radius 2 is 2.04 bits per heavy atom. The van der Waals surface area contributed by atoms with E-state index in [0.29, 0.717) is 6.04 Å². The maximum Gasteiger partial charge on any atom is 0.183 e. The van der Waals surface area contributed by atoms with Crippen molar-refractivity contribution in [1.82, 2.24) is 29.9 Å². The van der Waals surface area contributed by atoms with Crippen molar-refractivity contribution in [2.45, 2.75) is 18.7 Å². The molecule has 0 spiro atoms. The summed E-state index contributed by atoms with van der Waals surface area (Å²) in [6, 6.07) is 11.0. The van der Waals surface area contributed by atoms with E-state index < -0.39 is 0 Å². The molecule has 0 saturated carbocycles. The molecule has 2 aliphatic rings. The number of anilines is 1. The Morgan fingerprint density at radius 1 is 1.15 bits per heavy atom. The molecule has 4 heterocycles. The van der Waals surface area contributed by atoms with Crippen LogP contribution in [0.5, 0.6) is 0 Å². The van der Waals surface area contributed by atoms with Crippen molar-refractivity contribution in [2.75, 3.05) is 31.1 Å². The van der Waals surface area contributed by atoms with Gasteiger partial charge in [0.2, 0.25) is 0 Å². The van der Waals surface area contributed by atoms with E-state index in [1.807, 2.05) is 7.05 Å². The van der Waals surface area contributed by atoms with Gasteiger partial charge < -0.3 is 9.64 Å². The molecular weight excluding hydrogens is 330 g/mol. The van der Waals surface area contributed by atoms with Crippen molar-refractivity contribution >= 4 is 17.0 Å². The second kappa shape index (κ2) is 6.30. The molecule has 0 radical (unpaired) electrons. The Bertz CT molecular complexity index is 912. The highest BCUT2D eigenvalue weighted by atomic mass is 16.5. The van der Waals surface area contributed by atoms with E-state index in [4.69, 9.17) is 4.74 Å². The average molecular weight is 351 g/mol. The summed E-state index contributed by atoms with van der Waals surface area (Å²) < 4.78 is 7.75. The summed E-state index contributed by atoms with van der Waals surface area (Å²) in [6.45, 7) is 4.36. The van der Waals surface area contributed by atoms with Crippen LogP contribution < -0.4 is 4.90 Å². The third-order valence-electron chi connectivity index (χ3n) is 5.31. The molecule has 8 heteroatoms. The molecular formula is C18H21N7O. The van der Waals surface area contributed by atoms with E-state index in [1.165, 1.54) is 5.56 Å². The largest absolute Gasteiger partial charge is 0.373 e. The smallest absolute Gasteiger partial charge is 0.183 e. The Balaban J connectivity index is 1.41. The van der Waals surface area contributed by atoms with Crippen molar-refractivity contribution in [2.24, 2.45) is 7.05 Å². The molecule has 2 aromatic heterocycles. The highest BCUT2D eigenvalue weighted by Crippen LogP contribution is 2.29. The highest BCUT2D eigenvalue weighted by Gasteiger charge is 2.41. The minimum absolute atomic E-state index is 0.189. The number of aryl methyl sites for hydroxylation is 1. The molecule has 0 N–H and O–H groups in total. The zero-order valence-electron chi connectivity index (χ0n) is 14.7. The van der Waals surface area contributed by atoms with Crippen LogP contribution in [0, 0.1) is 0 Å². The van der Waals surface area contributed by atoms with Gasteiger partial charge in [0.1, 0.15) is 6.33 Å². The van der Waals surface area contributed by atoms with Crippen LogP contribution in [-0.4, -0.2) is 68.2 Å². The second-order valence-electron chi connectivity index (χ2n) is 6.92. The van der Waals surface area contributed by atoms with Gasteiger partial charge in [0.15, 0.2) is 17.0 Å². The lowest BCUT2D eigenvalue weighted by atomic mass is 10.1. The van der Waals surface area contributed by atoms with Crippen molar-refractivity contribution in [3.8, 4) is 0 Å². The molecule has 2 atom stereocenters. The summed E-state index contributed by atoms with van der Waals surface area (Å²) in [5, 5.41) is 8.34. The summed E-state index contributed by atoms with van der Waals surface area (Å²) >= 11 is 0. The van der Waals surface area contributed by atoms with Gasteiger partial charge >= 0.3 is 0 Å². The monoisotopic (exact) mass is 351 g/mol. The van der Waals surface area contributed by atoms with Gasteiger partial charge in [-0.15, -0.1) is 5.10 Å². The van der Waals surface area contributed by atoms with E-state index in [-0.39, 0.29) is 6.10 Å². The van der Waals surface area contributed by atoms with E-state index in [0.717, 1.165) is 49.8 Å². The molecule has 0 amide bonds. The predicted molar refractivity (Wildman–Crippen MR) is 96.7 cm³/mol. The first-order chi connectivity index (χ1) is 12.8. The maximum absolute atomic E-state index is 6.07. The fraction of sp³-hybridized carbons (Fsp3) is 0.444. The maximum atomic E-state index is 6.07. The average Bonchev–Trinajstić information content (AvgIpc) is 3.27. The van der Waals surface area contributed by atoms with Gasteiger partial charge in [0.05, 0.1) is 18.8 Å². The van der Waals surface area contributed by atoms with Crippen LogP contribution >= 0.6 is 0 Å². The van der Waals surface area contributed by atoms with Crippen molar-refractivity contribution in [1.29, 1.82) is 0 Å². The number of nitrogens with zero attached hydrogens (tertiary/aromatic N) is 7. The van der Waals surface area contributed by atoms with Crippen molar-refractivity contribution in [3.63, 3.8) is 0 Å². The Morgan fingerprint density at radius 3 is 2.92 bits per heavy atom. The lowest BCUT2D eigenvalue weighted by molar-refractivity contribution is -0.0499. The fourth-order valence-corrected chi connectivity index (χ4v) is 4.02. The molecule has 2 saturated heterocycles. The number of benzene rings is 1. The van der Waals surface area contributed by atoms with Crippen LogP contribution in [0.1, 0.15) is 5.56 Å². The molecule has 0 unspecified atom stereocenters.